The number of hydrogen-bond donors (Lipinski definition) is 2. The summed E-state index contributed by atoms with van der Waals surface area (Å²) in [5.74, 6) is -0.0696. The fourth-order valence-corrected chi connectivity index (χ4v) is 3.80. The number of alkyl halides is 2. The Bertz CT molecular complexity index is 939. The molecular weight excluding hydrogens is 332 g/mol. The van der Waals surface area contributed by atoms with Crippen molar-refractivity contribution >= 4 is 33.1 Å². The summed E-state index contributed by atoms with van der Waals surface area (Å²) < 4.78 is 26.5. The van der Waals surface area contributed by atoms with Gasteiger partial charge >= 0.3 is 0 Å². The molecule has 0 atom stereocenters. The van der Waals surface area contributed by atoms with E-state index in [1.807, 2.05) is 24.3 Å². The highest BCUT2D eigenvalue weighted by atomic mass is 32.1. The summed E-state index contributed by atoms with van der Waals surface area (Å²) in [7, 11) is 0. The fourth-order valence-electron chi connectivity index (χ4n) is 2.87. The molecule has 0 bridgehead atoms. The zero-order chi connectivity index (χ0) is 16.7. The third kappa shape index (κ3) is 2.50. The Hall–Kier alpha value is -2.54. The Kier molecular flexibility index (Phi) is 3.65. The van der Waals surface area contributed by atoms with Gasteiger partial charge in [0.1, 0.15) is 0 Å². The van der Waals surface area contributed by atoms with Crippen LogP contribution in [0.3, 0.4) is 0 Å². The fraction of sp³-hybridized carbons (Fsp3) is 0.176. The zero-order valence-corrected chi connectivity index (χ0v) is 13.3. The molecule has 122 valence electrons. The van der Waals surface area contributed by atoms with Gasteiger partial charge in [0, 0.05) is 29.9 Å². The van der Waals surface area contributed by atoms with Crippen molar-refractivity contribution in [1.82, 2.24) is 10.3 Å². The van der Waals surface area contributed by atoms with Gasteiger partial charge in [-0.15, -0.1) is 11.3 Å². The van der Waals surface area contributed by atoms with Crippen LogP contribution in [-0.4, -0.2) is 10.9 Å². The first-order valence-corrected chi connectivity index (χ1v) is 8.25. The first-order valence-electron chi connectivity index (χ1n) is 7.44. The molecule has 0 aliphatic carbocycles. The first kappa shape index (κ1) is 15.0. The van der Waals surface area contributed by atoms with Gasteiger partial charge in [-0.1, -0.05) is 18.2 Å². The van der Waals surface area contributed by atoms with Crippen LogP contribution in [0.5, 0.6) is 0 Å². The number of amides is 1. The summed E-state index contributed by atoms with van der Waals surface area (Å²) in [6.07, 6.45) is -2.56. The molecule has 3 aromatic rings. The van der Waals surface area contributed by atoms with Gasteiger partial charge in [-0.05, 0) is 23.8 Å². The monoisotopic (exact) mass is 345 g/mol. The number of thiazole rings is 1. The lowest BCUT2D eigenvalue weighted by Crippen LogP contribution is -2.12. The minimum absolute atomic E-state index is 0.0696. The highest BCUT2D eigenvalue weighted by molar-refractivity contribution is 7.18. The van der Waals surface area contributed by atoms with Crippen LogP contribution in [0, 0.1) is 0 Å². The molecule has 0 unspecified atom stereocenters. The van der Waals surface area contributed by atoms with Crippen LogP contribution in [0.2, 0.25) is 0 Å². The molecule has 0 spiro atoms. The molecule has 4 rings (SSSR count). The molecule has 0 fully saturated rings. The molecule has 2 heterocycles. The summed E-state index contributed by atoms with van der Waals surface area (Å²) in [4.78, 5) is 15.7. The number of anilines is 1. The molecule has 0 saturated carbocycles. The Morgan fingerprint density at radius 3 is 2.92 bits per heavy atom. The van der Waals surface area contributed by atoms with Gasteiger partial charge in [0.15, 0.2) is 5.01 Å². The minimum atomic E-state index is -2.56. The number of rotatable bonds is 4. The maximum atomic E-state index is 12.9. The third-order valence-corrected chi connectivity index (χ3v) is 5.17. The standard InChI is InChI=1S/C17H13F2N3OS/c18-15(19)17-22-13-6-1-3-9(14(13)24-17)7-20-12-5-2-4-10-11(12)8-21-16(10)23/h1-6,15,20H,7-8H2,(H,21,23). The molecule has 24 heavy (non-hydrogen) atoms. The number of carbonyl (C=O) groups excluding carboxylic acids is 1. The number of hydrogen-bond acceptors (Lipinski definition) is 4. The molecule has 1 amide bonds. The molecule has 1 aromatic heterocycles. The molecule has 0 saturated heterocycles. The van der Waals surface area contributed by atoms with E-state index < -0.39 is 6.43 Å². The van der Waals surface area contributed by atoms with Crippen LogP contribution in [0.4, 0.5) is 14.5 Å². The first-order chi connectivity index (χ1) is 11.6. The van der Waals surface area contributed by atoms with E-state index in [4.69, 9.17) is 0 Å². The second-order valence-corrected chi connectivity index (χ2v) is 6.52. The quantitative estimate of drug-likeness (QED) is 0.749. The van der Waals surface area contributed by atoms with Crippen molar-refractivity contribution in [2.24, 2.45) is 0 Å². The van der Waals surface area contributed by atoms with Crippen molar-refractivity contribution in [3.63, 3.8) is 0 Å². The van der Waals surface area contributed by atoms with E-state index in [-0.39, 0.29) is 10.9 Å². The van der Waals surface area contributed by atoms with Gasteiger partial charge < -0.3 is 10.6 Å². The van der Waals surface area contributed by atoms with Crippen molar-refractivity contribution in [2.75, 3.05) is 5.32 Å². The minimum Gasteiger partial charge on any atom is -0.381 e. The number of halogens is 2. The number of nitrogens with zero attached hydrogens (tertiary/aromatic N) is 1. The van der Waals surface area contributed by atoms with Crippen LogP contribution < -0.4 is 10.6 Å². The predicted molar refractivity (Wildman–Crippen MR) is 89.5 cm³/mol. The highest BCUT2D eigenvalue weighted by Crippen LogP contribution is 2.32. The van der Waals surface area contributed by atoms with E-state index in [2.05, 4.69) is 15.6 Å². The van der Waals surface area contributed by atoms with Crippen molar-refractivity contribution in [1.29, 1.82) is 0 Å². The summed E-state index contributed by atoms with van der Waals surface area (Å²) >= 11 is 1.03. The average molecular weight is 345 g/mol. The van der Waals surface area contributed by atoms with E-state index in [0.29, 0.717) is 24.2 Å². The van der Waals surface area contributed by atoms with Crippen LogP contribution in [0.15, 0.2) is 36.4 Å². The molecule has 2 N–H and O–H groups in total. The van der Waals surface area contributed by atoms with Gasteiger partial charge in [0.05, 0.1) is 10.2 Å². The lowest BCUT2D eigenvalue weighted by Gasteiger charge is -2.10. The van der Waals surface area contributed by atoms with Crippen molar-refractivity contribution in [3.05, 3.63) is 58.1 Å². The molecular formula is C17H13F2N3OS. The maximum absolute atomic E-state index is 12.9. The van der Waals surface area contributed by atoms with Crippen LogP contribution >= 0.6 is 11.3 Å². The molecule has 1 aliphatic rings. The third-order valence-electron chi connectivity index (χ3n) is 4.02. The van der Waals surface area contributed by atoms with E-state index >= 15 is 0 Å². The second-order valence-electron chi connectivity index (χ2n) is 5.49. The Morgan fingerprint density at radius 1 is 1.25 bits per heavy atom. The van der Waals surface area contributed by atoms with Gasteiger partial charge in [-0.3, -0.25) is 4.79 Å². The SMILES string of the molecule is O=C1NCc2c(NCc3cccc4nc(C(F)F)sc34)cccc21. The van der Waals surface area contributed by atoms with Gasteiger partial charge in [-0.25, -0.2) is 13.8 Å². The van der Waals surface area contributed by atoms with E-state index in [0.717, 1.165) is 32.9 Å². The average Bonchev–Trinajstić information content (AvgIpc) is 3.18. The molecule has 1 aliphatic heterocycles. The van der Waals surface area contributed by atoms with E-state index in [9.17, 15) is 13.6 Å². The number of nitrogens with one attached hydrogen (secondary N) is 2. The summed E-state index contributed by atoms with van der Waals surface area (Å²) in [6.45, 7) is 0.977. The normalized spacial score (nSPS) is 13.4. The molecule has 2 aromatic carbocycles. The van der Waals surface area contributed by atoms with Crippen LogP contribution in [0.25, 0.3) is 10.2 Å². The smallest absolute Gasteiger partial charge is 0.289 e. The number of carbonyl (C=O) groups is 1. The Balaban J connectivity index is 1.63. The van der Waals surface area contributed by atoms with Gasteiger partial charge in [-0.2, -0.15) is 0 Å². The Labute approximate surface area is 140 Å². The zero-order valence-electron chi connectivity index (χ0n) is 12.5. The van der Waals surface area contributed by atoms with E-state index in [1.54, 1.807) is 12.1 Å². The molecule has 7 heteroatoms. The van der Waals surface area contributed by atoms with Crippen molar-refractivity contribution < 1.29 is 13.6 Å². The number of fused-ring (bicyclic) bond motifs is 2. The lowest BCUT2D eigenvalue weighted by molar-refractivity contribution is 0.0965. The largest absolute Gasteiger partial charge is 0.381 e. The van der Waals surface area contributed by atoms with Crippen molar-refractivity contribution in [2.45, 2.75) is 19.5 Å². The topological polar surface area (TPSA) is 54.0 Å². The number of aromatic nitrogens is 1. The second kappa shape index (κ2) is 5.83. The Morgan fingerprint density at radius 2 is 2.08 bits per heavy atom. The van der Waals surface area contributed by atoms with Crippen LogP contribution in [-0.2, 0) is 13.1 Å². The summed E-state index contributed by atoms with van der Waals surface area (Å²) in [5, 5.41) is 5.95. The number of benzene rings is 2. The van der Waals surface area contributed by atoms with E-state index in [1.165, 1.54) is 0 Å². The molecule has 0 radical (unpaired) electrons. The summed E-state index contributed by atoms with van der Waals surface area (Å²) in [6, 6.07) is 11.0. The van der Waals surface area contributed by atoms with Crippen molar-refractivity contribution in [3.8, 4) is 0 Å². The van der Waals surface area contributed by atoms with Crippen LogP contribution in [0.1, 0.15) is 32.9 Å². The lowest BCUT2D eigenvalue weighted by atomic mass is 10.1. The highest BCUT2D eigenvalue weighted by Gasteiger charge is 2.21. The predicted octanol–water partition coefficient (Wildman–Crippen LogP) is 4.09. The maximum Gasteiger partial charge on any atom is 0.289 e. The van der Waals surface area contributed by atoms with Gasteiger partial charge in [0.2, 0.25) is 0 Å². The summed E-state index contributed by atoms with van der Waals surface area (Å²) in [5.41, 5.74) is 3.99. The molecule has 4 nitrogen and oxygen atoms in total. The van der Waals surface area contributed by atoms with Gasteiger partial charge in [0.25, 0.3) is 12.3 Å².